The van der Waals surface area contributed by atoms with Crippen LogP contribution >= 0.6 is 0 Å². The van der Waals surface area contributed by atoms with Gasteiger partial charge in [0, 0.05) is 19.7 Å². The highest BCUT2D eigenvalue weighted by Gasteiger charge is 2.19. The van der Waals surface area contributed by atoms with Gasteiger partial charge in [0.05, 0.1) is 17.5 Å². The summed E-state index contributed by atoms with van der Waals surface area (Å²) in [5.41, 5.74) is 0.852. The Kier molecular flexibility index (Phi) is 6.87. The van der Waals surface area contributed by atoms with Crippen molar-refractivity contribution in [3.63, 3.8) is 0 Å². The number of carbonyl (C=O) groups is 2. The molecule has 0 unspecified atom stereocenters. The van der Waals surface area contributed by atoms with Crippen LogP contribution < -0.4 is 10.6 Å². The number of halogens is 1. The lowest BCUT2D eigenvalue weighted by atomic mass is 10.1. The van der Waals surface area contributed by atoms with Crippen LogP contribution in [0.2, 0.25) is 0 Å². The highest BCUT2D eigenvalue weighted by atomic mass is 32.2. The number of rotatable bonds is 7. The third-order valence-corrected chi connectivity index (χ3v) is 5.84. The molecule has 1 atom stereocenters. The fraction of sp³-hybridized carbons (Fsp3) is 0.263. The van der Waals surface area contributed by atoms with Gasteiger partial charge < -0.3 is 10.6 Å². The van der Waals surface area contributed by atoms with Crippen LogP contribution in [-0.4, -0.2) is 45.2 Å². The van der Waals surface area contributed by atoms with Crippen molar-refractivity contribution in [3.8, 4) is 0 Å². The summed E-state index contributed by atoms with van der Waals surface area (Å²) in [6, 6.07) is 10.9. The maximum atomic E-state index is 13.0. The van der Waals surface area contributed by atoms with Crippen molar-refractivity contribution >= 4 is 21.8 Å². The predicted molar refractivity (Wildman–Crippen MR) is 103 cm³/mol. The van der Waals surface area contributed by atoms with Crippen molar-refractivity contribution in [1.29, 1.82) is 0 Å². The molecule has 2 aromatic rings. The number of hydrogen-bond acceptors (Lipinski definition) is 4. The number of hydrogen-bond donors (Lipinski definition) is 2. The van der Waals surface area contributed by atoms with Gasteiger partial charge in [-0.1, -0.05) is 18.2 Å². The van der Waals surface area contributed by atoms with Gasteiger partial charge in [-0.15, -0.1) is 0 Å². The summed E-state index contributed by atoms with van der Waals surface area (Å²) in [6.07, 6.45) is 0. The number of nitrogens with one attached hydrogen (secondary N) is 2. The topological polar surface area (TPSA) is 95.6 Å². The van der Waals surface area contributed by atoms with E-state index in [0.29, 0.717) is 0 Å². The number of carbonyl (C=O) groups excluding carboxylic acids is 2. The monoisotopic (exact) mass is 407 g/mol. The van der Waals surface area contributed by atoms with Gasteiger partial charge in [-0.05, 0) is 42.8 Å². The Labute approximate surface area is 163 Å². The molecule has 0 fully saturated rings. The summed E-state index contributed by atoms with van der Waals surface area (Å²) in [7, 11) is -0.871. The molecule has 2 N–H and O–H groups in total. The molecule has 0 aliphatic carbocycles. The van der Waals surface area contributed by atoms with Crippen molar-refractivity contribution in [2.45, 2.75) is 17.9 Å². The molecule has 0 aliphatic heterocycles. The first kappa shape index (κ1) is 21.5. The average Bonchev–Trinajstić information content (AvgIpc) is 2.66. The van der Waals surface area contributed by atoms with E-state index < -0.39 is 21.8 Å². The van der Waals surface area contributed by atoms with Gasteiger partial charge >= 0.3 is 0 Å². The van der Waals surface area contributed by atoms with Crippen LogP contribution in [0.3, 0.4) is 0 Å². The molecule has 0 saturated heterocycles. The van der Waals surface area contributed by atoms with Gasteiger partial charge in [-0.25, -0.2) is 17.1 Å². The molecule has 0 spiro atoms. The van der Waals surface area contributed by atoms with E-state index in [1.165, 1.54) is 50.5 Å². The summed E-state index contributed by atoms with van der Waals surface area (Å²) in [4.78, 5) is 24.3. The minimum absolute atomic E-state index is 0.0143. The summed E-state index contributed by atoms with van der Waals surface area (Å²) >= 11 is 0. The van der Waals surface area contributed by atoms with Crippen LogP contribution in [0.5, 0.6) is 0 Å². The van der Waals surface area contributed by atoms with E-state index >= 15 is 0 Å². The molecule has 2 rings (SSSR count). The van der Waals surface area contributed by atoms with E-state index in [4.69, 9.17) is 0 Å². The van der Waals surface area contributed by atoms with Crippen LogP contribution in [0.25, 0.3) is 0 Å². The van der Waals surface area contributed by atoms with Crippen LogP contribution in [-0.2, 0) is 14.8 Å². The predicted octanol–water partition coefficient (Wildman–Crippen LogP) is 1.68. The molecule has 7 nitrogen and oxygen atoms in total. The smallest absolute Gasteiger partial charge is 0.251 e. The zero-order valence-corrected chi connectivity index (χ0v) is 16.6. The standard InChI is InChI=1S/C19H22FN3O4S/c1-13(14-7-9-16(20)10-8-14)22-18(24)12-21-19(25)15-5-4-6-17(11-15)28(26,27)23(2)3/h4-11,13H,12H2,1-3H3,(H,21,25)(H,22,24)/t13-/m1/s1. The Bertz CT molecular complexity index is 959. The lowest BCUT2D eigenvalue weighted by Gasteiger charge is -2.15. The van der Waals surface area contributed by atoms with E-state index in [-0.39, 0.29) is 28.9 Å². The molecule has 28 heavy (non-hydrogen) atoms. The fourth-order valence-corrected chi connectivity index (χ4v) is 3.35. The normalized spacial score (nSPS) is 12.5. The average molecular weight is 407 g/mol. The van der Waals surface area contributed by atoms with E-state index in [1.807, 2.05) is 0 Å². The van der Waals surface area contributed by atoms with Crippen molar-refractivity contribution in [3.05, 3.63) is 65.5 Å². The lowest BCUT2D eigenvalue weighted by molar-refractivity contribution is -0.120. The fourth-order valence-electron chi connectivity index (χ4n) is 2.40. The Hall–Kier alpha value is -2.78. The van der Waals surface area contributed by atoms with E-state index in [9.17, 15) is 22.4 Å². The van der Waals surface area contributed by atoms with Crippen LogP contribution in [0, 0.1) is 5.82 Å². The van der Waals surface area contributed by atoms with Gasteiger partial charge in [-0.3, -0.25) is 9.59 Å². The third-order valence-electron chi connectivity index (χ3n) is 4.03. The highest BCUT2D eigenvalue weighted by molar-refractivity contribution is 7.89. The Morgan fingerprint density at radius 2 is 1.75 bits per heavy atom. The summed E-state index contributed by atoms with van der Waals surface area (Å²) in [6.45, 7) is 1.46. The zero-order valence-electron chi connectivity index (χ0n) is 15.8. The maximum Gasteiger partial charge on any atom is 0.251 e. The van der Waals surface area contributed by atoms with Gasteiger partial charge in [0.2, 0.25) is 15.9 Å². The molecular formula is C19H22FN3O4S. The minimum Gasteiger partial charge on any atom is -0.348 e. The quantitative estimate of drug-likeness (QED) is 0.730. The zero-order chi connectivity index (χ0) is 20.9. The number of amides is 2. The van der Waals surface area contributed by atoms with Crippen LogP contribution in [0.4, 0.5) is 4.39 Å². The third kappa shape index (κ3) is 5.37. The van der Waals surface area contributed by atoms with Crippen molar-refractivity contribution < 1.29 is 22.4 Å². The second-order valence-electron chi connectivity index (χ2n) is 6.34. The molecule has 9 heteroatoms. The van der Waals surface area contributed by atoms with Crippen molar-refractivity contribution in [1.82, 2.24) is 14.9 Å². The molecule has 0 bridgehead atoms. The Balaban J connectivity index is 1.96. The molecule has 0 aromatic heterocycles. The number of benzene rings is 2. The second-order valence-corrected chi connectivity index (χ2v) is 8.49. The van der Waals surface area contributed by atoms with Crippen molar-refractivity contribution in [2.75, 3.05) is 20.6 Å². The van der Waals surface area contributed by atoms with Crippen LogP contribution in [0.1, 0.15) is 28.9 Å². The van der Waals surface area contributed by atoms with Gasteiger partial charge in [-0.2, -0.15) is 0 Å². The van der Waals surface area contributed by atoms with Gasteiger partial charge in [0.1, 0.15) is 5.82 Å². The second kappa shape index (κ2) is 8.94. The molecule has 0 radical (unpaired) electrons. The Morgan fingerprint density at radius 3 is 2.36 bits per heavy atom. The summed E-state index contributed by atoms with van der Waals surface area (Å²) < 4.78 is 38.3. The molecule has 0 saturated carbocycles. The summed E-state index contributed by atoms with van der Waals surface area (Å²) in [5.74, 6) is -1.37. The SMILES string of the molecule is C[C@@H](NC(=O)CNC(=O)c1cccc(S(=O)(=O)N(C)C)c1)c1ccc(F)cc1. The molecule has 0 aliphatic rings. The molecule has 2 amide bonds. The Morgan fingerprint density at radius 1 is 1.11 bits per heavy atom. The largest absolute Gasteiger partial charge is 0.348 e. The van der Waals surface area contributed by atoms with E-state index in [1.54, 1.807) is 19.1 Å². The first-order chi connectivity index (χ1) is 13.1. The maximum absolute atomic E-state index is 13.0. The van der Waals surface area contributed by atoms with Crippen LogP contribution in [0.15, 0.2) is 53.4 Å². The number of sulfonamides is 1. The van der Waals surface area contributed by atoms with E-state index in [2.05, 4.69) is 10.6 Å². The first-order valence-electron chi connectivity index (χ1n) is 8.47. The first-order valence-corrected chi connectivity index (χ1v) is 9.91. The molecule has 0 heterocycles. The number of nitrogens with zero attached hydrogens (tertiary/aromatic N) is 1. The summed E-state index contributed by atoms with van der Waals surface area (Å²) in [5, 5.41) is 5.15. The lowest BCUT2D eigenvalue weighted by Crippen LogP contribution is -2.38. The molecular weight excluding hydrogens is 385 g/mol. The molecule has 2 aromatic carbocycles. The molecule has 150 valence electrons. The van der Waals surface area contributed by atoms with E-state index in [0.717, 1.165) is 9.87 Å². The van der Waals surface area contributed by atoms with Gasteiger partial charge in [0.15, 0.2) is 0 Å². The highest BCUT2D eigenvalue weighted by Crippen LogP contribution is 2.15. The van der Waals surface area contributed by atoms with Crippen molar-refractivity contribution in [2.24, 2.45) is 0 Å². The van der Waals surface area contributed by atoms with Gasteiger partial charge in [0.25, 0.3) is 5.91 Å². The minimum atomic E-state index is -3.67.